The standard InChI is InChI=1S/C23H30N6OS/c1-14-18(21-27-19-15(2)24-11-8-17(19)31-21)20(28-22(26-14)25-12-16-6-7-16)29-23(13-30)9-4-3-5-10-23/h8,11,16,30H,3-7,9-10,12-13H2,1-2H3,(H2,25,26,28,29). The first-order valence-corrected chi connectivity index (χ1v) is 12.1. The minimum atomic E-state index is -0.338. The second kappa shape index (κ2) is 8.31. The van der Waals surface area contributed by atoms with Gasteiger partial charge in [0.25, 0.3) is 0 Å². The number of nitrogens with zero attached hydrogens (tertiary/aromatic N) is 4. The largest absolute Gasteiger partial charge is 0.394 e. The van der Waals surface area contributed by atoms with Gasteiger partial charge in [-0.3, -0.25) is 4.98 Å². The molecule has 0 saturated heterocycles. The molecule has 0 radical (unpaired) electrons. The first-order chi connectivity index (χ1) is 15.1. The zero-order valence-electron chi connectivity index (χ0n) is 18.2. The van der Waals surface area contributed by atoms with Crippen LogP contribution in [0.2, 0.25) is 0 Å². The van der Waals surface area contributed by atoms with Crippen LogP contribution in [-0.4, -0.2) is 43.7 Å². The molecule has 3 aromatic heterocycles. The fourth-order valence-corrected chi connectivity index (χ4v) is 5.56. The molecule has 0 bridgehead atoms. The lowest BCUT2D eigenvalue weighted by molar-refractivity contribution is 0.172. The van der Waals surface area contributed by atoms with Crippen molar-refractivity contribution >= 4 is 33.3 Å². The Balaban J connectivity index is 1.58. The molecule has 8 heteroatoms. The van der Waals surface area contributed by atoms with Gasteiger partial charge in [0.05, 0.1) is 33.8 Å². The molecule has 2 saturated carbocycles. The highest BCUT2D eigenvalue weighted by Gasteiger charge is 2.33. The molecule has 0 unspecified atom stereocenters. The van der Waals surface area contributed by atoms with Crippen molar-refractivity contribution in [2.24, 2.45) is 5.92 Å². The number of hydrogen-bond donors (Lipinski definition) is 3. The van der Waals surface area contributed by atoms with Crippen LogP contribution in [0.25, 0.3) is 20.8 Å². The van der Waals surface area contributed by atoms with E-state index in [1.165, 1.54) is 19.3 Å². The monoisotopic (exact) mass is 438 g/mol. The maximum absolute atomic E-state index is 10.3. The summed E-state index contributed by atoms with van der Waals surface area (Å²) >= 11 is 1.64. The van der Waals surface area contributed by atoms with Crippen LogP contribution in [0.3, 0.4) is 0 Å². The van der Waals surface area contributed by atoms with E-state index in [9.17, 15) is 5.11 Å². The van der Waals surface area contributed by atoms with Gasteiger partial charge in [-0.25, -0.2) is 9.97 Å². The number of aliphatic hydroxyl groups excluding tert-OH is 1. The summed E-state index contributed by atoms with van der Waals surface area (Å²) in [7, 11) is 0. The third-order valence-corrected chi connectivity index (χ3v) is 7.57. The fourth-order valence-electron chi connectivity index (χ4n) is 4.45. The second-order valence-corrected chi connectivity index (χ2v) is 10.1. The van der Waals surface area contributed by atoms with Crippen molar-refractivity contribution in [1.29, 1.82) is 0 Å². The van der Waals surface area contributed by atoms with E-state index in [0.717, 1.165) is 76.1 Å². The Labute approximate surface area is 186 Å². The molecule has 2 fully saturated rings. The van der Waals surface area contributed by atoms with Crippen LogP contribution in [0.1, 0.15) is 56.3 Å². The zero-order valence-corrected chi connectivity index (χ0v) is 19.1. The van der Waals surface area contributed by atoms with E-state index in [4.69, 9.17) is 15.0 Å². The number of thiazole rings is 1. The topological polar surface area (TPSA) is 95.9 Å². The van der Waals surface area contributed by atoms with Gasteiger partial charge in [-0.2, -0.15) is 4.98 Å². The van der Waals surface area contributed by atoms with Gasteiger partial charge >= 0.3 is 0 Å². The predicted molar refractivity (Wildman–Crippen MR) is 126 cm³/mol. The van der Waals surface area contributed by atoms with Crippen molar-refractivity contribution in [2.75, 3.05) is 23.8 Å². The lowest BCUT2D eigenvalue weighted by Gasteiger charge is -2.37. The molecular weight excluding hydrogens is 408 g/mol. The molecule has 0 spiro atoms. The third-order valence-electron chi connectivity index (χ3n) is 6.54. The number of pyridine rings is 1. The average Bonchev–Trinajstić information content (AvgIpc) is 3.50. The van der Waals surface area contributed by atoms with Crippen LogP contribution in [0, 0.1) is 19.8 Å². The Morgan fingerprint density at radius 2 is 1.90 bits per heavy atom. The van der Waals surface area contributed by atoms with Crippen molar-refractivity contribution in [3.8, 4) is 10.6 Å². The molecule has 0 amide bonds. The summed E-state index contributed by atoms with van der Waals surface area (Å²) in [6.07, 6.45) is 9.73. The van der Waals surface area contributed by atoms with Crippen molar-refractivity contribution in [1.82, 2.24) is 19.9 Å². The summed E-state index contributed by atoms with van der Waals surface area (Å²) in [5.74, 6) is 2.16. The summed E-state index contributed by atoms with van der Waals surface area (Å²) in [5.41, 5.74) is 3.34. The minimum absolute atomic E-state index is 0.100. The van der Waals surface area contributed by atoms with Crippen molar-refractivity contribution in [3.63, 3.8) is 0 Å². The van der Waals surface area contributed by atoms with Gasteiger partial charge < -0.3 is 15.7 Å². The van der Waals surface area contributed by atoms with Crippen molar-refractivity contribution in [2.45, 2.75) is 64.3 Å². The van der Waals surface area contributed by atoms with E-state index in [0.29, 0.717) is 5.95 Å². The number of aliphatic hydroxyl groups is 1. The summed E-state index contributed by atoms with van der Waals surface area (Å²) in [4.78, 5) is 19.0. The van der Waals surface area contributed by atoms with Gasteiger partial charge in [0, 0.05) is 12.7 Å². The maximum atomic E-state index is 10.3. The molecule has 0 aliphatic heterocycles. The minimum Gasteiger partial charge on any atom is -0.394 e. The number of rotatable bonds is 7. The zero-order chi connectivity index (χ0) is 21.4. The van der Waals surface area contributed by atoms with Crippen LogP contribution in [-0.2, 0) is 0 Å². The lowest BCUT2D eigenvalue weighted by atomic mass is 9.82. The molecule has 164 valence electrons. The van der Waals surface area contributed by atoms with Gasteiger partial charge in [-0.1, -0.05) is 19.3 Å². The molecule has 0 atom stereocenters. The maximum Gasteiger partial charge on any atom is 0.224 e. The van der Waals surface area contributed by atoms with Crippen LogP contribution < -0.4 is 10.6 Å². The first-order valence-electron chi connectivity index (χ1n) is 11.3. The van der Waals surface area contributed by atoms with Crippen LogP contribution in [0.5, 0.6) is 0 Å². The summed E-state index contributed by atoms with van der Waals surface area (Å²) in [6, 6.07) is 2.01. The summed E-state index contributed by atoms with van der Waals surface area (Å²) < 4.78 is 1.11. The number of anilines is 2. The van der Waals surface area contributed by atoms with Gasteiger partial charge in [0.15, 0.2) is 0 Å². The number of aryl methyl sites for hydroxylation is 2. The highest BCUT2D eigenvalue weighted by atomic mass is 32.1. The van der Waals surface area contributed by atoms with Crippen LogP contribution in [0.4, 0.5) is 11.8 Å². The van der Waals surface area contributed by atoms with E-state index in [1.54, 1.807) is 11.3 Å². The van der Waals surface area contributed by atoms with Crippen LogP contribution >= 0.6 is 11.3 Å². The Bertz CT molecular complexity index is 1090. The highest BCUT2D eigenvalue weighted by molar-refractivity contribution is 7.21. The van der Waals surface area contributed by atoms with E-state index in [2.05, 4.69) is 15.6 Å². The van der Waals surface area contributed by atoms with E-state index in [1.807, 2.05) is 26.1 Å². The Morgan fingerprint density at radius 3 is 2.61 bits per heavy atom. The molecule has 3 aromatic rings. The quantitative estimate of drug-likeness (QED) is 0.492. The summed E-state index contributed by atoms with van der Waals surface area (Å²) in [6.45, 7) is 5.02. The Kier molecular flexibility index (Phi) is 5.52. The molecule has 31 heavy (non-hydrogen) atoms. The van der Waals surface area contributed by atoms with E-state index < -0.39 is 0 Å². The SMILES string of the molecule is Cc1nc(NCC2CC2)nc(NC2(CO)CCCCC2)c1-c1nc2c(C)nccc2s1. The molecule has 7 nitrogen and oxygen atoms in total. The average molecular weight is 439 g/mol. The first kappa shape index (κ1) is 20.6. The fraction of sp³-hybridized carbons (Fsp3) is 0.565. The lowest BCUT2D eigenvalue weighted by Crippen LogP contribution is -2.44. The summed E-state index contributed by atoms with van der Waals surface area (Å²) in [5, 5.41) is 18.3. The molecule has 5 rings (SSSR count). The molecule has 3 N–H and O–H groups in total. The molecule has 0 aromatic carbocycles. The highest BCUT2D eigenvalue weighted by Crippen LogP contribution is 2.39. The molecule has 2 aliphatic rings. The number of hydrogen-bond acceptors (Lipinski definition) is 8. The number of fused-ring (bicyclic) bond motifs is 1. The third kappa shape index (κ3) is 4.23. The van der Waals surface area contributed by atoms with Gasteiger partial charge in [0.1, 0.15) is 16.3 Å². The van der Waals surface area contributed by atoms with Gasteiger partial charge in [0.2, 0.25) is 5.95 Å². The number of aromatic nitrogens is 4. The predicted octanol–water partition coefficient (Wildman–Crippen LogP) is 4.69. The Morgan fingerprint density at radius 1 is 1.10 bits per heavy atom. The Hall–Kier alpha value is -2.32. The molecule has 2 aliphatic carbocycles. The molecular formula is C23H30N6OS. The van der Waals surface area contributed by atoms with Crippen molar-refractivity contribution < 1.29 is 5.11 Å². The van der Waals surface area contributed by atoms with E-state index in [-0.39, 0.29) is 12.1 Å². The second-order valence-electron chi connectivity index (χ2n) is 9.07. The van der Waals surface area contributed by atoms with Crippen molar-refractivity contribution in [3.05, 3.63) is 23.7 Å². The smallest absolute Gasteiger partial charge is 0.224 e. The van der Waals surface area contributed by atoms with Gasteiger partial charge in [-0.05, 0) is 51.5 Å². The normalized spacial score (nSPS) is 18.3. The number of nitrogens with one attached hydrogen (secondary N) is 2. The van der Waals surface area contributed by atoms with Crippen LogP contribution in [0.15, 0.2) is 12.3 Å². The van der Waals surface area contributed by atoms with Gasteiger partial charge in [-0.15, -0.1) is 11.3 Å². The molecule has 3 heterocycles. The van der Waals surface area contributed by atoms with E-state index >= 15 is 0 Å².